The lowest BCUT2D eigenvalue weighted by Crippen LogP contribution is -2.11. The number of hydrogen-bond acceptors (Lipinski definition) is 3. The lowest BCUT2D eigenvalue weighted by Gasteiger charge is -2.16. The number of hydrogen-bond donors (Lipinski definition) is 1. The summed E-state index contributed by atoms with van der Waals surface area (Å²) in [5.41, 5.74) is 10.5. The first kappa shape index (κ1) is 13.4. The minimum atomic E-state index is 0.455. The Labute approximate surface area is 124 Å². The molecule has 0 amide bonds. The van der Waals surface area contributed by atoms with E-state index in [9.17, 15) is 0 Å². The molecule has 20 heavy (non-hydrogen) atoms. The lowest BCUT2D eigenvalue weighted by molar-refractivity contribution is 0.297. The Morgan fingerprint density at radius 3 is 2.85 bits per heavy atom. The highest BCUT2D eigenvalue weighted by Crippen LogP contribution is 2.40. The Kier molecular flexibility index (Phi) is 3.62. The van der Waals surface area contributed by atoms with E-state index in [2.05, 4.69) is 44.2 Å². The second kappa shape index (κ2) is 5.41. The van der Waals surface area contributed by atoms with Crippen LogP contribution in [0, 0.1) is 13.8 Å². The molecule has 0 fully saturated rings. The van der Waals surface area contributed by atoms with Crippen LogP contribution in [-0.2, 0) is 0 Å². The Hall–Kier alpha value is -1.61. The monoisotopic (exact) mass is 285 g/mol. The molecule has 104 valence electrons. The average Bonchev–Trinajstić information content (AvgIpc) is 2.81. The van der Waals surface area contributed by atoms with Crippen LogP contribution >= 0.6 is 11.8 Å². The molecule has 2 nitrogen and oxygen atoms in total. The summed E-state index contributed by atoms with van der Waals surface area (Å²) >= 11 is 1.91. The van der Waals surface area contributed by atoms with Crippen LogP contribution in [0.15, 0.2) is 41.3 Å². The molecular weight excluding hydrogens is 266 g/mol. The van der Waals surface area contributed by atoms with Crippen LogP contribution in [0.2, 0.25) is 0 Å². The summed E-state index contributed by atoms with van der Waals surface area (Å²) in [7, 11) is 0. The normalized spacial score (nSPS) is 17.0. The van der Waals surface area contributed by atoms with Crippen LogP contribution in [0.3, 0.4) is 0 Å². The second-order valence-electron chi connectivity index (χ2n) is 5.36. The summed E-state index contributed by atoms with van der Waals surface area (Å²) in [6.07, 6.45) is 0. The summed E-state index contributed by atoms with van der Waals surface area (Å²) in [4.78, 5) is 1.38. The highest BCUT2D eigenvalue weighted by atomic mass is 32.2. The Bertz CT molecular complexity index is 616. The minimum absolute atomic E-state index is 0.455. The van der Waals surface area contributed by atoms with Crippen molar-refractivity contribution in [1.29, 1.82) is 0 Å². The molecule has 2 N–H and O–H groups in total. The summed E-state index contributed by atoms with van der Waals surface area (Å²) in [6, 6.07) is 12.7. The number of benzene rings is 2. The van der Waals surface area contributed by atoms with Crippen molar-refractivity contribution in [2.75, 3.05) is 18.1 Å². The summed E-state index contributed by atoms with van der Waals surface area (Å²) in [5, 5.41) is 0. The molecule has 1 atom stereocenters. The summed E-state index contributed by atoms with van der Waals surface area (Å²) < 4.78 is 6.03. The molecule has 2 aromatic rings. The number of thioether (sulfide) groups is 1. The third-order valence-corrected chi connectivity index (χ3v) is 4.93. The Morgan fingerprint density at radius 2 is 2.05 bits per heavy atom. The fraction of sp³-hybridized carbons (Fsp3) is 0.294. The predicted octanol–water partition coefficient (Wildman–Crippen LogP) is 4.15. The number of nitrogen functional groups attached to an aromatic ring is 1. The zero-order valence-electron chi connectivity index (χ0n) is 11.8. The van der Waals surface area contributed by atoms with Crippen LogP contribution in [0.25, 0.3) is 0 Å². The van der Waals surface area contributed by atoms with Gasteiger partial charge in [0, 0.05) is 16.6 Å². The topological polar surface area (TPSA) is 35.2 Å². The van der Waals surface area contributed by atoms with Gasteiger partial charge in [-0.15, -0.1) is 11.8 Å². The molecule has 3 heteroatoms. The highest BCUT2D eigenvalue weighted by Gasteiger charge is 2.23. The third-order valence-electron chi connectivity index (χ3n) is 3.68. The maximum absolute atomic E-state index is 6.07. The lowest BCUT2D eigenvalue weighted by atomic mass is 10.0. The highest BCUT2D eigenvalue weighted by molar-refractivity contribution is 7.99. The standard InChI is InChI=1S/C17H19NOS/c1-11-7-12(2)17(15(18)8-11)19-9-13-10-20-16-6-4-3-5-14(13)16/h3-8,13H,9-10,18H2,1-2H3. The molecule has 2 aromatic carbocycles. The van der Waals surface area contributed by atoms with Gasteiger partial charge in [0.15, 0.2) is 0 Å². The smallest absolute Gasteiger partial charge is 0.145 e. The Morgan fingerprint density at radius 1 is 1.25 bits per heavy atom. The fourth-order valence-electron chi connectivity index (χ4n) is 2.74. The Balaban J connectivity index is 1.76. The van der Waals surface area contributed by atoms with E-state index in [4.69, 9.17) is 10.5 Å². The molecule has 1 aliphatic heterocycles. The van der Waals surface area contributed by atoms with Gasteiger partial charge in [-0.05, 0) is 42.7 Å². The summed E-state index contributed by atoms with van der Waals surface area (Å²) in [5.74, 6) is 2.38. The van der Waals surface area contributed by atoms with Crippen molar-refractivity contribution in [2.45, 2.75) is 24.7 Å². The van der Waals surface area contributed by atoms with Gasteiger partial charge in [-0.1, -0.05) is 24.3 Å². The molecule has 0 saturated carbocycles. The maximum atomic E-state index is 6.07. The SMILES string of the molecule is Cc1cc(C)c(OCC2CSc3ccccc32)c(N)c1. The van der Waals surface area contributed by atoms with Crippen molar-refractivity contribution in [3.05, 3.63) is 53.1 Å². The van der Waals surface area contributed by atoms with E-state index >= 15 is 0 Å². The van der Waals surface area contributed by atoms with E-state index in [0.29, 0.717) is 12.5 Å². The molecule has 0 saturated heterocycles. The van der Waals surface area contributed by atoms with Gasteiger partial charge >= 0.3 is 0 Å². The van der Waals surface area contributed by atoms with E-state index < -0.39 is 0 Å². The first-order chi connectivity index (χ1) is 9.65. The molecule has 0 spiro atoms. The maximum Gasteiger partial charge on any atom is 0.145 e. The number of nitrogens with two attached hydrogens (primary N) is 1. The molecule has 0 aromatic heterocycles. The van der Waals surface area contributed by atoms with Gasteiger partial charge in [0.1, 0.15) is 5.75 Å². The van der Waals surface area contributed by atoms with Gasteiger partial charge in [0.25, 0.3) is 0 Å². The van der Waals surface area contributed by atoms with Crippen molar-refractivity contribution in [2.24, 2.45) is 0 Å². The van der Waals surface area contributed by atoms with Crippen molar-refractivity contribution in [3.8, 4) is 5.75 Å². The van der Waals surface area contributed by atoms with Gasteiger partial charge in [-0.3, -0.25) is 0 Å². The quantitative estimate of drug-likeness (QED) is 0.860. The van der Waals surface area contributed by atoms with E-state index in [1.54, 1.807) is 0 Å². The van der Waals surface area contributed by atoms with E-state index in [1.165, 1.54) is 16.0 Å². The average molecular weight is 285 g/mol. The number of aryl methyl sites for hydroxylation is 2. The summed E-state index contributed by atoms with van der Waals surface area (Å²) in [6.45, 7) is 4.80. The van der Waals surface area contributed by atoms with Gasteiger partial charge in [-0.2, -0.15) is 0 Å². The van der Waals surface area contributed by atoms with Crippen molar-refractivity contribution < 1.29 is 4.74 Å². The number of ether oxygens (including phenoxy) is 1. The van der Waals surface area contributed by atoms with E-state index in [0.717, 1.165) is 22.8 Å². The molecule has 1 unspecified atom stereocenters. The minimum Gasteiger partial charge on any atom is -0.490 e. The van der Waals surface area contributed by atoms with Crippen molar-refractivity contribution in [3.63, 3.8) is 0 Å². The van der Waals surface area contributed by atoms with Crippen LogP contribution < -0.4 is 10.5 Å². The van der Waals surface area contributed by atoms with E-state index in [1.807, 2.05) is 17.8 Å². The first-order valence-corrected chi connectivity index (χ1v) is 7.85. The van der Waals surface area contributed by atoms with Gasteiger partial charge in [0.2, 0.25) is 0 Å². The van der Waals surface area contributed by atoms with Crippen LogP contribution in [0.4, 0.5) is 5.69 Å². The molecule has 0 radical (unpaired) electrons. The zero-order chi connectivity index (χ0) is 14.1. The van der Waals surface area contributed by atoms with Gasteiger partial charge < -0.3 is 10.5 Å². The number of rotatable bonds is 3. The van der Waals surface area contributed by atoms with Crippen LogP contribution in [0.5, 0.6) is 5.75 Å². The molecule has 3 rings (SSSR count). The molecule has 0 aliphatic carbocycles. The fourth-order valence-corrected chi connectivity index (χ4v) is 3.97. The molecule has 1 heterocycles. The van der Waals surface area contributed by atoms with Gasteiger partial charge in [0.05, 0.1) is 12.3 Å². The number of fused-ring (bicyclic) bond motifs is 1. The third kappa shape index (κ3) is 2.50. The zero-order valence-corrected chi connectivity index (χ0v) is 12.7. The van der Waals surface area contributed by atoms with Crippen LogP contribution in [-0.4, -0.2) is 12.4 Å². The largest absolute Gasteiger partial charge is 0.490 e. The molecule has 0 bridgehead atoms. The molecular formula is C17H19NOS. The molecule has 1 aliphatic rings. The van der Waals surface area contributed by atoms with Crippen molar-refractivity contribution >= 4 is 17.4 Å². The first-order valence-electron chi connectivity index (χ1n) is 6.86. The van der Waals surface area contributed by atoms with Gasteiger partial charge in [-0.25, -0.2) is 0 Å². The van der Waals surface area contributed by atoms with E-state index in [-0.39, 0.29) is 0 Å². The van der Waals surface area contributed by atoms with Crippen molar-refractivity contribution in [1.82, 2.24) is 0 Å². The van der Waals surface area contributed by atoms with Crippen LogP contribution in [0.1, 0.15) is 22.6 Å². The second-order valence-corrected chi connectivity index (χ2v) is 6.42. The predicted molar refractivity (Wildman–Crippen MR) is 85.7 cm³/mol. The number of anilines is 1.